The van der Waals surface area contributed by atoms with Crippen molar-refractivity contribution in [3.05, 3.63) is 29.8 Å². The largest absolute Gasteiger partial charge is 0.394 e. The molecule has 138 valence electrons. The van der Waals surface area contributed by atoms with Crippen LogP contribution in [0, 0.1) is 11.8 Å². The number of nitrogens with one attached hydrogen (secondary N) is 2. The molecule has 1 unspecified atom stereocenters. The molecule has 1 aromatic rings. The van der Waals surface area contributed by atoms with Crippen molar-refractivity contribution in [2.45, 2.75) is 58.4 Å². The van der Waals surface area contributed by atoms with Crippen molar-refractivity contribution in [2.75, 3.05) is 11.9 Å². The Balaban J connectivity index is 1.97. The number of anilines is 1. The molecule has 0 radical (unpaired) electrons. The standard InChI is InChI=1S/C20H30N2O3/c1-14(2)11-18(13-23)22-20(25)16-9-6-10-17(12-16)21-19(24)15-7-4-3-5-8-15/h6,9-10,12,14-15,18,23H,3-5,7-8,11,13H2,1-2H3,(H,21,24)(H,22,25). The maximum absolute atomic E-state index is 12.4. The summed E-state index contributed by atoms with van der Waals surface area (Å²) in [5.74, 6) is 0.286. The van der Waals surface area contributed by atoms with Crippen LogP contribution in [0.1, 0.15) is 62.7 Å². The molecule has 0 bridgehead atoms. The van der Waals surface area contributed by atoms with E-state index in [4.69, 9.17) is 0 Å². The van der Waals surface area contributed by atoms with E-state index in [-0.39, 0.29) is 30.4 Å². The lowest BCUT2D eigenvalue weighted by Crippen LogP contribution is -2.38. The average molecular weight is 346 g/mol. The van der Waals surface area contributed by atoms with Gasteiger partial charge in [0.15, 0.2) is 0 Å². The molecule has 25 heavy (non-hydrogen) atoms. The molecule has 5 heteroatoms. The highest BCUT2D eigenvalue weighted by atomic mass is 16.3. The molecule has 0 aromatic heterocycles. The predicted molar refractivity (Wildman–Crippen MR) is 99.4 cm³/mol. The molecule has 0 aliphatic heterocycles. The fourth-order valence-electron chi connectivity index (χ4n) is 3.36. The quantitative estimate of drug-likeness (QED) is 0.708. The summed E-state index contributed by atoms with van der Waals surface area (Å²) < 4.78 is 0. The van der Waals surface area contributed by atoms with Crippen molar-refractivity contribution >= 4 is 17.5 Å². The first-order chi connectivity index (χ1) is 12.0. The average Bonchev–Trinajstić information content (AvgIpc) is 2.61. The smallest absolute Gasteiger partial charge is 0.251 e. The van der Waals surface area contributed by atoms with E-state index in [0.29, 0.717) is 17.2 Å². The van der Waals surface area contributed by atoms with Crippen LogP contribution in [0.25, 0.3) is 0 Å². The molecule has 0 spiro atoms. The summed E-state index contributed by atoms with van der Waals surface area (Å²) in [5.41, 5.74) is 1.14. The summed E-state index contributed by atoms with van der Waals surface area (Å²) in [6.45, 7) is 4.02. The van der Waals surface area contributed by atoms with Crippen LogP contribution in [0.5, 0.6) is 0 Å². The number of carbonyl (C=O) groups excluding carboxylic acids is 2. The number of amides is 2. The van der Waals surface area contributed by atoms with Gasteiger partial charge < -0.3 is 15.7 Å². The van der Waals surface area contributed by atoms with Gasteiger partial charge in [-0.25, -0.2) is 0 Å². The van der Waals surface area contributed by atoms with Crippen molar-refractivity contribution in [1.82, 2.24) is 5.32 Å². The molecule has 0 heterocycles. The van der Waals surface area contributed by atoms with Crippen LogP contribution in [0.4, 0.5) is 5.69 Å². The molecule has 2 rings (SSSR count). The molecule has 1 aliphatic rings. The van der Waals surface area contributed by atoms with E-state index in [2.05, 4.69) is 24.5 Å². The summed E-state index contributed by atoms with van der Waals surface area (Å²) in [7, 11) is 0. The Labute approximate surface area is 150 Å². The molecule has 1 saturated carbocycles. The number of carbonyl (C=O) groups is 2. The van der Waals surface area contributed by atoms with Gasteiger partial charge in [0.2, 0.25) is 5.91 Å². The highest BCUT2D eigenvalue weighted by molar-refractivity contribution is 5.97. The van der Waals surface area contributed by atoms with Crippen molar-refractivity contribution in [1.29, 1.82) is 0 Å². The Hall–Kier alpha value is -1.88. The van der Waals surface area contributed by atoms with Gasteiger partial charge in [0.25, 0.3) is 5.91 Å². The summed E-state index contributed by atoms with van der Waals surface area (Å²) in [6.07, 6.45) is 6.04. The number of aliphatic hydroxyl groups is 1. The summed E-state index contributed by atoms with van der Waals surface area (Å²) in [5, 5.41) is 15.2. The number of rotatable bonds is 7. The zero-order chi connectivity index (χ0) is 18.2. The first-order valence-electron chi connectivity index (χ1n) is 9.32. The monoisotopic (exact) mass is 346 g/mol. The van der Waals surface area contributed by atoms with Gasteiger partial charge in [-0.3, -0.25) is 9.59 Å². The van der Waals surface area contributed by atoms with Crippen molar-refractivity contribution in [3.63, 3.8) is 0 Å². The fourth-order valence-corrected chi connectivity index (χ4v) is 3.36. The summed E-state index contributed by atoms with van der Waals surface area (Å²) in [6, 6.07) is 6.72. The molecule has 3 N–H and O–H groups in total. The van der Waals surface area contributed by atoms with E-state index in [1.54, 1.807) is 24.3 Å². The van der Waals surface area contributed by atoms with Crippen LogP contribution >= 0.6 is 0 Å². The van der Waals surface area contributed by atoms with Gasteiger partial charge in [0, 0.05) is 17.2 Å². The number of hydrogen-bond donors (Lipinski definition) is 3. The van der Waals surface area contributed by atoms with Crippen LogP contribution in [0.15, 0.2) is 24.3 Å². The second-order valence-electron chi connectivity index (χ2n) is 7.39. The molecular weight excluding hydrogens is 316 g/mol. The molecule has 1 aromatic carbocycles. The minimum atomic E-state index is -0.256. The van der Waals surface area contributed by atoms with Crippen molar-refractivity contribution < 1.29 is 14.7 Å². The van der Waals surface area contributed by atoms with Gasteiger partial charge in [-0.1, -0.05) is 39.2 Å². The maximum atomic E-state index is 12.4. The predicted octanol–water partition coefficient (Wildman–Crippen LogP) is 3.34. The number of hydrogen-bond acceptors (Lipinski definition) is 3. The first kappa shape index (κ1) is 19.4. The lowest BCUT2D eigenvalue weighted by Gasteiger charge is -2.21. The van der Waals surface area contributed by atoms with Crippen LogP contribution in [0.2, 0.25) is 0 Å². The SMILES string of the molecule is CC(C)CC(CO)NC(=O)c1cccc(NC(=O)C2CCCCC2)c1. The first-order valence-corrected chi connectivity index (χ1v) is 9.32. The third kappa shape index (κ3) is 6.16. The highest BCUT2D eigenvalue weighted by Gasteiger charge is 2.21. The van der Waals surface area contributed by atoms with E-state index >= 15 is 0 Å². The van der Waals surface area contributed by atoms with Crippen molar-refractivity contribution in [2.24, 2.45) is 11.8 Å². The molecule has 1 aliphatic carbocycles. The third-order valence-electron chi connectivity index (χ3n) is 4.68. The van der Waals surface area contributed by atoms with Crippen molar-refractivity contribution in [3.8, 4) is 0 Å². The lowest BCUT2D eigenvalue weighted by molar-refractivity contribution is -0.120. The van der Waals surface area contributed by atoms with Gasteiger partial charge in [0.05, 0.1) is 12.6 Å². The maximum Gasteiger partial charge on any atom is 0.251 e. The van der Waals surface area contributed by atoms with E-state index in [1.165, 1.54) is 6.42 Å². The van der Waals surface area contributed by atoms with Gasteiger partial charge in [-0.2, -0.15) is 0 Å². The summed E-state index contributed by atoms with van der Waals surface area (Å²) >= 11 is 0. The molecule has 0 saturated heterocycles. The molecular formula is C20H30N2O3. The highest BCUT2D eigenvalue weighted by Crippen LogP contribution is 2.25. The fraction of sp³-hybridized carbons (Fsp3) is 0.600. The van der Waals surface area contributed by atoms with Crippen LogP contribution in [-0.4, -0.2) is 29.6 Å². The van der Waals surface area contributed by atoms with Crippen LogP contribution in [0.3, 0.4) is 0 Å². The molecule has 5 nitrogen and oxygen atoms in total. The van der Waals surface area contributed by atoms with E-state index < -0.39 is 0 Å². The van der Waals surface area contributed by atoms with Crippen LogP contribution in [-0.2, 0) is 4.79 Å². The van der Waals surface area contributed by atoms with Crippen LogP contribution < -0.4 is 10.6 Å². The second-order valence-corrected chi connectivity index (χ2v) is 7.39. The van der Waals surface area contributed by atoms with Gasteiger partial charge >= 0.3 is 0 Å². The Kier molecular flexibility index (Phi) is 7.44. The van der Waals surface area contributed by atoms with E-state index in [9.17, 15) is 14.7 Å². The molecule has 1 atom stereocenters. The normalized spacial score (nSPS) is 16.5. The molecule has 2 amide bonds. The number of benzene rings is 1. The topological polar surface area (TPSA) is 78.4 Å². The zero-order valence-corrected chi connectivity index (χ0v) is 15.3. The second kappa shape index (κ2) is 9.56. The minimum absolute atomic E-state index is 0.0466. The van der Waals surface area contributed by atoms with E-state index in [1.807, 2.05) is 0 Å². The number of aliphatic hydroxyl groups excluding tert-OH is 1. The van der Waals surface area contributed by atoms with Gasteiger partial charge in [0.1, 0.15) is 0 Å². The summed E-state index contributed by atoms with van der Waals surface area (Å²) in [4.78, 5) is 24.7. The zero-order valence-electron chi connectivity index (χ0n) is 15.3. The Morgan fingerprint density at radius 3 is 2.56 bits per heavy atom. The minimum Gasteiger partial charge on any atom is -0.394 e. The third-order valence-corrected chi connectivity index (χ3v) is 4.68. The lowest BCUT2D eigenvalue weighted by atomic mass is 9.88. The van der Waals surface area contributed by atoms with E-state index in [0.717, 1.165) is 32.1 Å². The van der Waals surface area contributed by atoms with Gasteiger partial charge in [-0.15, -0.1) is 0 Å². The molecule has 1 fully saturated rings. The Morgan fingerprint density at radius 2 is 1.92 bits per heavy atom. The van der Waals surface area contributed by atoms with Gasteiger partial charge in [-0.05, 0) is 43.4 Å². The Bertz CT molecular complexity index is 580. The Morgan fingerprint density at radius 1 is 1.20 bits per heavy atom.